The molecule has 0 aromatic rings. The smallest absolute Gasteiger partial charge is 0.326 e. The number of carboxylic acids is 2. The van der Waals surface area contributed by atoms with Gasteiger partial charge in [-0.2, -0.15) is 0 Å². The number of nitrogens with one attached hydrogen (secondary N) is 4. The van der Waals surface area contributed by atoms with E-state index in [1.807, 2.05) is 5.32 Å². The number of aliphatic carboxylic acids is 2. The average molecular weight is 390 g/mol. The molecule has 0 saturated heterocycles. The minimum absolute atomic E-state index is 0.305. The molecule has 4 amide bonds. The lowest BCUT2D eigenvalue weighted by molar-refractivity contribution is -0.143. The minimum Gasteiger partial charge on any atom is -0.481 e. The molecule has 3 atom stereocenters. The van der Waals surface area contributed by atoms with E-state index in [0.29, 0.717) is 6.41 Å². The lowest BCUT2D eigenvalue weighted by Gasteiger charge is -2.20. The number of hydrogen-bond donors (Lipinski definition) is 7. The average Bonchev–Trinajstić information content (AvgIpc) is 2.60. The molecular weight excluding hydrogens is 368 g/mol. The largest absolute Gasteiger partial charge is 0.481 e. The summed E-state index contributed by atoms with van der Waals surface area (Å²) >= 11 is 0. The highest BCUT2D eigenvalue weighted by Crippen LogP contribution is 1.99. The third kappa shape index (κ3) is 9.74. The highest BCUT2D eigenvalue weighted by atomic mass is 16.4. The van der Waals surface area contributed by atoms with Gasteiger partial charge in [0.05, 0.1) is 13.2 Å². The van der Waals surface area contributed by atoms with Gasteiger partial charge in [-0.1, -0.05) is 0 Å². The molecule has 152 valence electrons. The Labute approximate surface area is 153 Å². The Morgan fingerprint density at radius 1 is 1.00 bits per heavy atom. The number of aliphatic hydroxyl groups is 1. The molecule has 13 heteroatoms. The molecule has 0 aliphatic rings. The normalized spacial score (nSPS) is 13.4. The molecule has 7 N–H and O–H groups in total. The van der Waals surface area contributed by atoms with Crippen molar-refractivity contribution in [1.82, 2.24) is 21.3 Å². The van der Waals surface area contributed by atoms with Crippen LogP contribution in [0.3, 0.4) is 0 Å². The molecule has 0 aliphatic heterocycles. The van der Waals surface area contributed by atoms with Gasteiger partial charge in [0.2, 0.25) is 24.1 Å². The monoisotopic (exact) mass is 390 g/mol. The molecule has 0 fully saturated rings. The number of amides is 4. The van der Waals surface area contributed by atoms with E-state index in [4.69, 9.17) is 10.2 Å². The molecule has 0 aliphatic carbocycles. The maximum absolute atomic E-state index is 12.0. The highest BCUT2D eigenvalue weighted by molar-refractivity contribution is 5.92. The van der Waals surface area contributed by atoms with Gasteiger partial charge in [0.1, 0.15) is 18.1 Å². The second kappa shape index (κ2) is 12.2. The third-order valence-corrected chi connectivity index (χ3v) is 3.23. The molecule has 27 heavy (non-hydrogen) atoms. The fraction of sp³-hybridized carbons (Fsp3) is 0.571. The molecule has 0 saturated carbocycles. The molecule has 3 unspecified atom stereocenters. The second-order valence-corrected chi connectivity index (χ2v) is 5.36. The second-order valence-electron chi connectivity index (χ2n) is 5.36. The fourth-order valence-corrected chi connectivity index (χ4v) is 1.74. The molecule has 0 spiro atoms. The van der Waals surface area contributed by atoms with Gasteiger partial charge in [-0.15, -0.1) is 0 Å². The van der Waals surface area contributed by atoms with E-state index in [1.165, 1.54) is 6.92 Å². The van der Waals surface area contributed by atoms with Crippen LogP contribution in [0.1, 0.15) is 19.8 Å². The number of carboxylic acid groups (broad SMARTS) is 2. The van der Waals surface area contributed by atoms with Crippen molar-refractivity contribution in [2.75, 3.05) is 13.2 Å². The van der Waals surface area contributed by atoms with E-state index in [9.17, 15) is 33.9 Å². The summed E-state index contributed by atoms with van der Waals surface area (Å²) < 4.78 is 0. The quantitative estimate of drug-likeness (QED) is 0.153. The Balaban J connectivity index is 4.62. The van der Waals surface area contributed by atoms with Gasteiger partial charge >= 0.3 is 11.9 Å². The highest BCUT2D eigenvalue weighted by Gasteiger charge is 2.26. The van der Waals surface area contributed by atoms with E-state index >= 15 is 0 Å². The van der Waals surface area contributed by atoms with Crippen LogP contribution in [0.4, 0.5) is 0 Å². The topological polar surface area (TPSA) is 211 Å². The van der Waals surface area contributed by atoms with Gasteiger partial charge < -0.3 is 36.6 Å². The zero-order chi connectivity index (χ0) is 21.0. The zero-order valence-electron chi connectivity index (χ0n) is 14.4. The molecular formula is C14H22N4O9. The van der Waals surface area contributed by atoms with Crippen LogP contribution in [0.2, 0.25) is 0 Å². The lowest BCUT2D eigenvalue weighted by atomic mass is 10.1. The Bertz CT molecular complexity index is 581. The predicted octanol–water partition coefficient (Wildman–Crippen LogP) is -3.85. The van der Waals surface area contributed by atoms with Gasteiger partial charge in [-0.25, -0.2) is 4.79 Å². The number of carbonyl (C=O) groups is 6. The van der Waals surface area contributed by atoms with Gasteiger partial charge in [0.25, 0.3) is 0 Å². The summed E-state index contributed by atoms with van der Waals surface area (Å²) in [6.07, 6.45) is -0.591. The molecule has 0 radical (unpaired) electrons. The van der Waals surface area contributed by atoms with Crippen molar-refractivity contribution in [3.05, 3.63) is 0 Å². The van der Waals surface area contributed by atoms with E-state index in [0.717, 1.165) is 0 Å². The van der Waals surface area contributed by atoms with Gasteiger partial charge in [-0.05, 0) is 13.3 Å². The van der Waals surface area contributed by atoms with E-state index in [2.05, 4.69) is 16.0 Å². The predicted molar refractivity (Wildman–Crippen MR) is 87.1 cm³/mol. The summed E-state index contributed by atoms with van der Waals surface area (Å²) in [5.74, 6) is -5.28. The van der Waals surface area contributed by atoms with Crippen molar-refractivity contribution >= 4 is 36.1 Å². The first-order valence-electron chi connectivity index (χ1n) is 7.74. The molecule has 0 bridgehead atoms. The third-order valence-electron chi connectivity index (χ3n) is 3.23. The Morgan fingerprint density at radius 3 is 2.11 bits per heavy atom. The summed E-state index contributed by atoms with van der Waals surface area (Å²) in [4.78, 5) is 67.0. The van der Waals surface area contributed by atoms with Crippen LogP contribution in [-0.2, 0) is 28.8 Å². The van der Waals surface area contributed by atoms with E-state index in [1.54, 1.807) is 0 Å². The van der Waals surface area contributed by atoms with Crippen LogP contribution in [0.15, 0.2) is 0 Å². The van der Waals surface area contributed by atoms with Gasteiger partial charge in [0, 0.05) is 6.42 Å². The Morgan fingerprint density at radius 2 is 1.63 bits per heavy atom. The lowest BCUT2D eigenvalue weighted by Crippen LogP contribution is -2.55. The summed E-state index contributed by atoms with van der Waals surface area (Å²) in [7, 11) is 0. The van der Waals surface area contributed by atoms with Crippen molar-refractivity contribution in [2.45, 2.75) is 37.9 Å². The Kier molecular flexibility index (Phi) is 10.7. The van der Waals surface area contributed by atoms with Crippen LogP contribution in [0, 0.1) is 0 Å². The Hall–Kier alpha value is -3.22. The molecule has 0 aromatic carbocycles. The number of carbonyl (C=O) groups excluding carboxylic acids is 4. The minimum atomic E-state index is -1.52. The summed E-state index contributed by atoms with van der Waals surface area (Å²) in [6, 6.07) is -3.92. The van der Waals surface area contributed by atoms with Gasteiger partial charge in [0.15, 0.2) is 0 Å². The zero-order valence-corrected chi connectivity index (χ0v) is 14.4. The number of aliphatic hydroxyl groups excluding tert-OH is 1. The van der Waals surface area contributed by atoms with Crippen molar-refractivity contribution in [2.24, 2.45) is 0 Å². The van der Waals surface area contributed by atoms with Crippen molar-refractivity contribution in [3.63, 3.8) is 0 Å². The van der Waals surface area contributed by atoms with E-state index < -0.39 is 67.4 Å². The van der Waals surface area contributed by atoms with Crippen LogP contribution < -0.4 is 21.3 Å². The van der Waals surface area contributed by atoms with Crippen molar-refractivity contribution < 1.29 is 44.1 Å². The van der Waals surface area contributed by atoms with Crippen molar-refractivity contribution in [3.8, 4) is 0 Å². The SMILES string of the molecule is CC(NC=O)C(=O)NCC(=O)NC(CO)C(=O)NC(CCC(=O)O)C(=O)O. The summed E-state index contributed by atoms with van der Waals surface area (Å²) in [5, 5.41) is 35.2. The number of rotatable bonds is 13. The first-order chi connectivity index (χ1) is 12.6. The molecule has 0 heterocycles. The standard InChI is InChI=1S/C14H22N4O9/c1-7(16-6-20)12(24)15-4-10(21)17-9(5-19)13(25)18-8(14(26)27)2-3-11(22)23/h6-9,19H,2-5H2,1H3,(H,15,24)(H,16,20)(H,17,21)(H,18,25)(H,22,23)(H,26,27). The molecule has 0 aromatic heterocycles. The van der Waals surface area contributed by atoms with Crippen molar-refractivity contribution in [1.29, 1.82) is 0 Å². The first-order valence-corrected chi connectivity index (χ1v) is 7.74. The first kappa shape index (κ1) is 23.8. The van der Waals surface area contributed by atoms with E-state index in [-0.39, 0.29) is 6.42 Å². The summed E-state index contributed by atoms with van der Waals surface area (Å²) in [6.45, 7) is -0.0521. The van der Waals surface area contributed by atoms with Gasteiger partial charge in [-0.3, -0.25) is 24.0 Å². The fourth-order valence-electron chi connectivity index (χ4n) is 1.74. The van der Waals surface area contributed by atoms with Crippen LogP contribution >= 0.6 is 0 Å². The molecule has 13 nitrogen and oxygen atoms in total. The van der Waals surface area contributed by atoms with Crippen LogP contribution in [-0.4, -0.2) is 82.7 Å². The maximum atomic E-state index is 12.0. The summed E-state index contributed by atoms with van der Waals surface area (Å²) in [5.41, 5.74) is 0. The maximum Gasteiger partial charge on any atom is 0.326 e. The van der Waals surface area contributed by atoms with Crippen LogP contribution in [0.25, 0.3) is 0 Å². The van der Waals surface area contributed by atoms with Crippen LogP contribution in [0.5, 0.6) is 0 Å². The number of hydrogen-bond acceptors (Lipinski definition) is 7. The molecule has 0 rings (SSSR count).